The topological polar surface area (TPSA) is 61.8 Å². The fourth-order valence-electron chi connectivity index (χ4n) is 2.61. The molecule has 5 heteroatoms. The molecule has 0 radical (unpaired) electrons. The third-order valence-corrected chi connectivity index (χ3v) is 3.72. The lowest BCUT2D eigenvalue weighted by Crippen LogP contribution is -2.37. The Kier molecular flexibility index (Phi) is 4.73. The van der Waals surface area contributed by atoms with Gasteiger partial charge >= 0.3 is 11.9 Å². The van der Waals surface area contributed by atoms with Crippen molar-refractivity contribution in [1.82, 2.24) is 0 Å². The first kappa shape index (κ1) is 15.0. The molecule has 1 heterocycles. The molecule has 1 unspecified atom stereocenters. The molecule has 1 rings (SSSR count). The van der Waals surface area contributed by atoms with Gasteiger partial charge in [0.25, 0.3) is 0 Å². The quantitative estimate of drug-likeness (QED) is 0.722. The number of carbonyl (C=O) groups is 2. The van der Waals surface area contributed by atoms with Gasteiger partial charge in [0.15, 0.2) is 6.10 Å². The Hall–Kier alpha value is -1.10. The second-order valence-electron chi connectivity index (χ2n) is 4.73. The maximum Gasteiger partial charge on any atom is 0.305 e. The molecule has 3 atom stereocenters. The largest absolute Gasteiger partial charge is 0.455 e. The summed E-state index contributed by atoms with van der Waals surface area (Å²) in [5.74, 6) is -0.844. The fourth-order valence-corrected chi connectivity index (χ4v) is 2.61. The summed E-state index contributed by atoms with van der Waals surface area (Å²) >= 11 is 0. The maximum absolute atomic E-state index is 11.1. The molecule has 0 bridgehead atoms. The highest BCUT2D eigenvalue weighted by Crippen LogP contribution is 2.43. The molecule has 0 aromatic heterocycles. The standard InChI is InChI=1S/C13H22O5/c1-6-13(7-2)8(3)11(16-9(4)14)12(18-13)17-10(5)15/h8,11-12H,6-7H2,1-5H3/t8?,11-,12-/m0/s1. The highest BCUT2D eigenvalue weighted by molar-refractivity contribution is 5.67. The molecule has 0 aromatic rings. The highest BCUT2D eigenvalue weighted by Gasteiger charge is 2.53. The van der Waals surface area contributed by atoms with Crippen LogP contribution in [0.25, 0.3) is 0 Å². The summed E-state index contributed by atoms with van der Waals surface area (Å²) in [6, 6.07) is 0. The molecule has 1 aliphatic rings. The molecule has 0 aromatic carbocycles. The number of rotatable bonds is 4. The van der Waals surface area contributed by atoms with Gasteiger partial charge in [-0.25, -0.2) is 0 Å². The zero-order valence-corrected chi connectivity index (χ0v) is 11.7. The number of carbonyl (C=O) groups excluding carboxylic acids is 2. The van der Waals surface area contributed by atoms with E-state index in [1.165, 1.54) is 13.8 Å². The van der Waals surface area contributed by atoms with Gasteiger partial charge in [0, 0.05) is 19.8 Å². The van der Waals surface area contributed by atoms with Crippen molar-refractivity contribution in [2.24, 2.45) is 5.92 Å². The Morgan fingerprint density at radius 1 is 1.11 bits per heavy atom. The van der Waals surface area contributed by atoms with E-state index < -0.39 is 29.9 Å². The number of ether oxygens (including phenoxy) is 3. The first-order valence-electron chi connectivity index (χ1n) is 6.38. The van der Waals surface area contributed by atoms with Crippen LogP contribution in [0.2, 0.25) is 0 Å². The molecule has 0 spiro atoms. The zero-order chi connectivity index (χ0) is 13.9. The summed E-state index contributed by atoms with van der Waals surface area (Å²) in [7, 11) is 0. The van der Waals surface area contributed by atoms with E-state index in [2.05, 4.69) is 0 Å². The van der Waals surface area contributed by atoms with Crippen molar-refractivity contribution in [2.45, 2.75) is 65.5 Å². The van der Waals surface area contributed by atoms with Gasteiger partial charge in [-0.05, 0) is 12.8 Å². The Labute approximate surface area is 108 Å². The molecule has 5 nitrogen and oxygen atoms in total. The van der Waals surface area contributed by atoms with Crippen LogP contribution in [-0.2, 0) is 23.8 Å². The van der Waals surface area contributed by atoms with Crippen LogP contribution in [0.1, 0.15) is 47.5 Å². The third-order valence-electron chi connectivity index (χ3n) is 3.72. The van der Waals surface area contributed by atoms with Crippen LogP contribution in [0.3, 0.4) is 0 Å². The first-order valence-corrected chi connectivity index (χ1v) is 6.38. The third kappa shape index (κ3) is 2.83. The Balaban J connectivity index is 2.94. The minimum Gasteiger partial charge on any atom is -0.455 e. The summed E-state index contributed by atoms with van der Waals surface area (Å²) in [6.45, 7) is 8.65. The van der Waals surface area contributed by atoms with Crippen LogP contribution in [0.15, 0.2) is 0 Å². The van der Waals surface area contributed by atoms with Gasteiger partial charge in [-0.15, -0.1) is 0 Å². The summed E-state index contributed by atoms with van der Waals surface area (Å²) in [5, 5.41) is 0. The molecule has 0 saturated carbocycles. The Bertz CT molecular complexity index is 321. The predicted octanol–water partition coefficient (Wildman–Crippen LogP) is 2.03. The number of esters is 2. The molecule has 0 amide bonds. The van der Waals surface area contributed by atoms with Crippen LogP contribution in [0.5, 0.6) is 0 Å². The number of hydrogen-bond acceptors (Lipinski definition) is 5. The number of hydrogen-bond donors (Lipinski definition) is 0. The molecule has 1 aliphatic heterocycles. The average molecular weight is 258 g/mol. The molecule has 1 fully saturated rings. The average Bonchev–Trinajstić information content (AvgIpc) is 2.53. The van der Waals surface area contributed by atoms with E-state index in [9.17, 15) is 9.59 Å². The fraction of sp³-hybridized carbons (Fsp3) is 0.846. The van der Waals surface area contributed by atoms with E-state index in [-0.39, 0.29) is 5.92 Å². The lowest BCUT2D eigenvalue weighted by molar-refractivity contribution is -0.205. The van der Waals surface area contributed by atoms with E-state index in [0.717, 1.165) is 12.8 Å². The van der Waals surface area contributed by atoms with Gasteiger partial charge < -0.3 is 14.2 Å². The van der Waals surface area contributed by atoms with E-state index in [1.54, 1.807) is 0 Å². The zero-order valence-electron chi connectivity index (χ0n) is 11.7. The molecule has 0 N–H and O–H groups in total. The molecule has 104 valence electrons. The highest BCUT2D eigenvalue weighted by atomic mass is 16.7. The molecule has 1 saturated heterocycles. The van der Waals surface area contributed by atoms with Crippen LogP contribution < -0.4 is 0 Å². The van der Waals surface area contributed by atoms with Gasteiger partial charge in [-0.1, -0.05) is 20.8 Å². The minimum atomic E-state index is -0.804. The molecular formula is C13H22O5. The van der Waals surface area contributed by atoms with E-state index in [4.69, 9.17) is 14.2 Å². The van der Waals surface area contributed by atoms with Crippen LogP contribution in [0.4, 0.5) is 0 Å². The summed E-state index contributed by atoms with van der Waals surface area (Å²) in [5.41, 5.74) is -0.403. The van der Waals surface area contributed by atoms with E-state index in [1.807, 2.05) is 20.8 Å². The van der Waals surface area contributed by atoms with Crippen molar-refractivity contribution in [2.75, 3.05) is 0 Å². The van der Waals surface area contributed by atoms with Crippen molar-refractivity contribution in [3.05, 3.63) is 0 Å². The minimum absolute atomic E-state index is 0.0132. The van der Waals surface area contributed by atoms with Crippen molar-refractivity contribution in [3.63, 3.8) is 0 Å². The SMILES string of the molecule is CCC1(CC)O[C@H](OC(C)=O)[C@@H](OC(C)=O)C1C. The van der Waals surface area contributed by atoms with Crippen molar-refractivity contribution >= 4 is 11.9 Å². The predicted molar refractivity (Wildman–Crippen MR) is 64.7 cm³/mol. The van der Waals surface area contributed by atoms with Gasteiger partial charge in [0.2, 0.25) is 6.29 Å². The van der Waals surface area contributed by atoms with E-state index in [0.29, 0.717) is 0 Å². The van der Waals surface area contributed by atoms with Gasteiger partial charge in [-0.2, -0.15) is 0 Å². The summed E-state index contributed by atoms with van der Waals surface area (Å²) < 4.78 is 16.2. The Morgan fingerprint density at radius 2 is 1.61 bits per heavy atom. The first-order chi connectivity index (χ1) is 8.36. The molecule has 0 aliphatic carbocycles. The summed E-state index contributed by atoms with van der Waals surface area (Å²) in [4.78, 5) is 22.2. The smallest absolute Gasteiger partial charge is 0.305 e. The monoisotopic (exact) mass is 258 g/mol. The second kappa shape index (κ2) is 5.69. The van der Waals surface area contributed by atoms with Gasteiger partial charge in [-0.3, -0.25) is 9.59 Å². The second-order valence-corrected chi connectivity index (χ2v) is 4.73. The molecular weight excluding hydrogens is 236 g/mol. The maximum atomic E-state index is 11.1. The van der Waals surface area contributed by atoms with Crippen molar-refractivity contribution in [1.29, 1.82) is 0 Å². The van der Waals surface area contributed by atoms with Gasteiger partial charge in [0.05, 0.1) is 5.60 Å². The van der Waals surface area contributed by atoms with Gasteiger partial charge in [0.1, 0.15) is 0 Å². The van der Waals surface area contributed by atoms with Crippen LogP contribution in [-0.4, -0.2) is 29.9 Å². The Morgan fingerprint density at radius 3 is 2.00 bits per heavy atom. The lowest BCUT2D eigenvalue weighted by atomic mass is 9.83. The van der Waals surface area contributed by atoms with Crippen molar-refractivity contribution < 1.29 is 23.8 Å². The molecule has 18 heavy (non-hydrogen) atoms. The normalized spacial score (nSPS) is 29.9. The lowest BCUT2D eigenvalue weighted by Gasteiger charge is -2.30. The van der Waals surface area contributed by atoms with E-state index >= 15 is 0 Å². The van der Waals surface area contributed by atoms with Crippen LogP contribution in [0, 0.1) is 5.92 Å². The van der Waals surface area contributed by atoms with Crippen molar-refractivity contribution in [3.8, 4) is 0 Å². The van der Waals surface area contributed by atoms with Crippen LogP contribution >= 0.6 is 0 Å². The summed E-state index contributed by atoms with van der Waals surface area (Å²) in [6.07, 6.45) is 0.216.